The zero-order valence-corrected chi connectivity index (χ0v) is 15.4. The molecular weight excluding hydrogens is 372 g/mol. The van der Waals surface area contributed by atoms with Gasteiger partial charge in [-0.1, -0.05) is 16.4 Å². The summed E-state index contributed by atoms with van der Waals surface area (Å²) in [6, 6.07) is 11.6. The Hall–Kier alpha value is -3.13. The van der Waals surface area contributed by atoms with Crippen molar-refractivity contribution in [2.45, 2.75) is 20.0 Å². The Bertz CT molecular complexity index is 1030. The Morgan fingerprint density at radius 1 is 1.26 bits per heavy atom. The van der Waals surface area contributed by atoms with E-state index in [0.29, 0.717) is 38.9 Å². The maximum atomic E-state index is 11.6. The maximum Gasteiger partial charge on any atom is 0.347 e. The molecule has 0 radical (unpaired) electrons. The predicted octanol–water partition coefficient (Wildman–Crippen LogP) is 2.88. The summed E-state index contributed by atoms with van der Waals surface area (Å²) in [6.45, 7) is 3.64. The van der Waals surface area contributed by atoms with Gasteiger partial charge >= 0.3 is 5.97 Å². The SMILES string of the molecule is CCOC(=O)C(C)Oc1ccc(N=c2nc3ccc(Cl)cc3nn2O)cc1. The first-order valence-corrected chi connectivity index (χ1v) is 8.58. The summed E-state index contributed by atoms with van der Waals surface area (Å²) in [4.78, 5) is 20.7. The molecule has 1 atom stereocenters. The van der Waals surface area contributed by atoms with Crippen LogP contribution < -0.4 is 10.4 Å². The van der Waals surface area contributed by atoms with E-state index in [2.05, 4.69) is 15.1 Å². The van der Waals surface area contributed by atoms with Gasteiger partial charge < -0.3 is 14.7 Å². The number of fused-ring (bicyclic) bond motifs is 1. The van der Waals surface area contributed by atoms with E-state index in [9.17, 15) is 10.0 Å². The lowest BCUT2D eigenvalue weighted by Gasteiger charge is -2.13. The molecule has 0 fully saturated rings. The first-order valence-electron chi connectivity index (χ1n) is 8.20. The number of esters is 1. The van der Waals surface area contributed by atoms with Crippen LogP contribution in [0.5, 0.6) is 5.75 Å². The van der Waals surface area contributed by atoms with Crippen molar-refractivity contribution in [2.24, 2.45) is 4.99 Å². The first kappa shape index (κ1) is 18.7. The summed E-state index contributed by atoms with van der Waals surface area (Å²) in [5, 5.41) is 14.5. The summed E-state index contributed by atoms with van der Waals surface area (Å²) < 4.78 is 10.4. The molecule has 0 spiro atoms. The van der Waals surface area contributed by atoms with Gasteiger partial charge in [-0.15, -0.1) is 5.10 Å². The van der Waals surface area contributed by atoms with Crippen LogP contribution in [0.3, 0.4) is 0 Å². The van der Waals surface area contributed by atoms with Crippen LogP contribution in [0.4, 0.5) is 5.69 Å². The normalized spacial score (nSPS) is 12.8. The molecule has 0 amide bonds. The van der Waals surface area contributed by atoms with Crippen molar-refractivity contribution in [3.8, 4) is 5.75 Å². The number of nitrogens with zero attached hydrogens (tertiary/aromatic N) is 4. The van der Waals surface area contributed by atoms with Crippen LogP contribution in [0.15, 0.2) is 47.5 Å². The fourth-order valence-corrected chi connectivity index (χ4v) is 2.43. The van der Waals surface area contributed by atoms with Gasteiger partial charge in [0.1, 0.15) is 11.3 Å². The fourth-order valence-electron chi connectivity index (χ4n) is 2.27. The maximum absolute atomic E-state index is 11.6. The second kappa shape index (κ2) is 8.05. The number of hydrogen-bond acceptors (Lipinski definition) is 7. The van der Waals surface area contributed by atoms with Crippen molar-refractivity contribution in [2.75, 3.05) is 6.61 Å². The van der Waals surface area contributed by atoms with E-state index in [4.69, 9.17) is 21.1 Å². The molecule has 1 aromatic heterocycles. The molecule has 0 bridgehead atoms. The lowest BCUT2D eigenvalue weighted by molar-refractivity contribution is -0.150. The van der Waals surface area contributed by atoms with E-state index in [1.807, 2.05) is 0 Å². The monoisotopic (exact) mass is 388 g/mol. The van der Waals surface area contributed by atoms with Crippen LogP contribution in [0.2, 0.25) is 5.02 Å². The molecule has 3 rings (SSSR count). The van der Waals surface area contributed by atoms with Gasteiger partial charge in [-0.3, -0.25) is 0 Å². The van der Waals surface area contributed by atoms with Crippen LogP contribution in [0, 0.1) is 0 Å². The summed E-state index contributed by atoms with van der Waals surface area (Å²) in [7, 11) is 0. The number of carbonyl (C=O) groups excluding carboxylic acids is 1. The molecule has 1 heterocycles. The minimum absolute atomic E-state index is 0.0124. The third-order valence-electron chi connectivity index (χ3n) is 3.54. The highest BCUT2D eigenvalue weighted by Crippen LogP contribution is 2.19. The van der Waals surface area contributed by atoms with Gasteiger partial charge in [-0.2, -0.15) is 0 Å². The van der Waals surface area contributed by atoms with Crippen molar-refractivity contribution < 1.29 is 19.5 Å². The van der Waals surface area contributed by atoms with E-state index < -0.39 is 12.1 Å². The molecule has 1 N–H and O–H groups in total. The number of aromatic nitrogens is 3. The Morgan fingerprint density at radius 2 is 2.00 bits per heavy atom. The number of benzene rings is 2. The Kier molecular flexibility index (Phi) is 5.56. The second-order valence-electron chi connectivity index (χ2n) is 5.55. The highest BCUT2D eigenvalue weighted by Gasteiger charge is 2.15. The third kappa shape index (κ3) is 4.53. The van der Waals surface area contributed by atoms with Gasteiger partial charge in [-0.25, -0.2) is 14.8 Å². The average molecular weight is 389 g/mol. The number of carbonyl (C=O) groups is 1. The topological polar surface area (TPSA) is 98.8 Å². The Labute approximate surface area is 159 Å². The smallest absolute Gasteiger partial charge is 0.347 e. The summed E-state index contributed by atoms with van der Waals surface area (Å²) in [6.07, 6.45) is -0.717. The zero-order valence-electron chi connectivity index (χ0n) is 14.7. The predicted molar refractivity (Wildman–Crippen MR) is 98.1 cm³/mol. The molecule has 0 aliphatic rings. The van der Waals surface area contributed by atoms with Crippen LogP contribution in [0.1, 0.15) is 13.8 Å². The van der Waals surface area contributed by atoms with Crippen molar-refractivity contribution in [3.63, 3.8) is 0 Å². The largest absolute Gasteiger partial charge is 0.479 e. The van der Waals surface area contributed by atoms with Gasteiger partial charge in [0.15, 0.2) is 6.10 Å². The van der Waals surface area contributed by atoms with Gasteiger partial charge in [0.2, 0.25) is 0 Å². The molecule has 0 aliphatic carbocycles. The summed E-state index contributed by atoms with van der Waals surface area (Å²) >= 11 is 5.91. The quantitative estimate of drug-likeness (QED) is 0.533. The van der Waals surface area contributed by atoms with Crippen molar-refractivity contribution in [3.05, 3.63) is 53.1 Å². The van der Waals surface area contributed by atoms with Crippen LogP contribution in [-0.2, 0) is 9.53 Å². The Morgan fingerprint density at radius 3 is 2.70 bits per heavy atom. The molecule has 140 valence electrons. The van der Waals surface area contributed by atoms with E-state index in [0.717, 1.165) is 0 Å². The molecule has 3 aromatic rings. The number of hydrogen-bond donors (Lipinski definition) is 1. The van der Waals surface area contributed by atoms with E-state index >= 15 is 0 Å². The van der Waals surface area contributed by atoms with Gasteiger partial charge in [-0.05, 0) is 56.3 Å². The summed E-state index contributed by atoms with van der Waals surface area (Å²) in [5.41, 5.74) is 1.53. The van der Waals surface area contributed by atoms with Crippen molar-refractivity contribution >= 4 is 34.3 Å². The molecule has 8 nitrogen and oxygen atoms in total. The molecule has 9 heteroatoms. The van der Waals surface area contributed by atoms with Crippen LogP contribution in [0.25, 0.3) is 11.0 Å². The highest BCUT2D eigenvalue weighted by atomic mass is 35.5. The number of ether oxygens (including phenoxy) is 2. The Balaban J connectivity index is 1.83. The first-order chi connectivity index (χ1) is 13.0. The number of halogens is 1. The van der Waals surface area contributed by atoms with Crippen molar-refractivity contribution in [1.82, 2.24) is 14.9 Å². The highest BCUT2D eigenvalue weighted by molar-refractivity contribution is 6.31. The molecule has 2 aromatic carbocycles. The molecular formula is C18H17ClN4O4. The second-order valence-corrected chi connectivity index (χ2v) is 5.99. The standard InChI is InChI=1S/C18H17ClN4O4/c1-3-26-17(24)11(2)27-14-7-5-13(6-8-14)20-18-21-15-9-4-12(19)10-16(15)22-23(18)25/h4-11,25H,3H2,1-2H3. The van der Waals surface area contributed by atoms with Crippen LogP contribution in [-0.4, -0.2) is 38.8 Å². The van der Waals surface area contributed by atoms with Crippen LogP contribution >= 0.6 is 11.6 Å². The van der Waals surface area contributed by atoms with E-state index in [1.165, 1.54) is 0 Å². The fraction of sp³-hybridized carbons (Fsp3) is 0.222. The number of rotatable bonds is 5. The molecule has 27 heavy (non-hydrogen) atoms. The van der Waals surface area contributed by atoms with Gasteiger partial charge in [0.25, 0.3) is 5.62 Å². The molecule has 0 aliphatic heterocycles. The molecule has 0 saturated heterocycles. The lowest BCUT2D eigenvalue weighted by atomic mass is 10.3. The minimum Gasteiger partial charge on any atom is -0.479 e. The van der Waals surface area contributed by atoms with E-state index in [1.54, 1.807) is 56.3 Å². The zero-order chi connectivity index (χ0) is 19.4. The lowest BCUT2D eigenvalue weighted by Crippen LogP contribution is -2.26. The summed E-state index contributed by atoms with van der Waals surface area (Å²) in [5.74, 6) is 0.0599. The van der Waals surface area contributed by atoms with Gasteiger partial charge in [0.05, 0.1) is 17.8 Å². The molecule has 1 unspecified atom stereocenters. The molecule has 0 saturated carbocycles. The van der Waals surface area contributed by atoms with Crippen molar-refractivity contribution in [1.29, 1.82) is 0 Å². The third-order valence-corrected chi connectivity index (χ3v) is 3.77. The average Bonchev–Trinajstić information content (AvgIpc) is 2.64. The van der Waals surface area contributed by atoms with Gasteiger partial charge in [0, 0.05) is 5.02 Å². The van der Waals surface area contributed by atoms with E-state index in [-0.39, 0.29) is 5.62 Å². The minimum atomic E-state index is -0.717.